The molecular formula is C18H32. The van der Waals surface area contributed by atoms with Gasteiger partial charge in [0.1, 0.15) is 0 Å². The first kappa shape index (κ1) is 17.2. The molecule has 0 heterocycles. The normalized spacial score (nSPS) is 11.9. The van der Waals surface area contributed by atoms with E-state index in [9.17, 15) is 0 Å². The van der Waals surface area contributed by atoms with Gasteiger partial charge in [0, 0.05) is 0 Å². The fraction of sp³-hybridized carbons (Fsp3) is 0.667. The predicted molar refractivity (Wildman–Crippen MR) is 84.0 cm³/mol. The van der Waals surface area contributed by atoms with Gasteiger partial charge in [0.15, 0.2) is 0 Å². The summed E-state index contributed by atoms with van der Waals surface area (Å²) in [6.07, 6.45) is 6.51. The fourth-order valence-corrected chi connectivity index (χ4v) is 1.55. The van der Waals surface area contributed by atoms with Gasteiger partial charge in [-0.2, -0.15) is 0 Å². The summed E-state index contributed by atoms with van der Waals surface area (Å²) in [7, 11) is 0. The smallest absolute Gasteiger partial charge is 0.0276 e. The molecule has 1 rings (SSSR count). The Balaban J connectivity index is 0.000000411. The Bertz CT molecular complexity index is 259. The summed E-state index contributed by atoms with van der Waals surface area (Å²) in [6, 6.07) is 10.7. The highest BCUT2D eigenvalue weighted by molar-refractivity contribution is 5.14. The zero-order valence-electron chi connectivity index (χ0n) is 13.1. The topological polar surface area (TPSA) is 0 Å². The summed E-state index contributed by atoms with van der Waals surface area (Å²) in [5.74, 6) is 1.80. The second kappa shape index (κ2) is 11.3. The van der Waals surface area contributed by atoms with Crippen LogP contribution in [0.2, 0.25) is 0 Å². The number of aryl methyl sites for hydroxylation is 1. The lowest BCUT2D eigenvalue weighted by Crippen LogP contribution is -1.94. The quantitative estimate of drug-likeness (QED) is 0.570. The summed E-state index contributed by atoms with van der Waals surface area (Å²) >= 11 is 0. The third kappa shape index (κ3) is 9.27. The minimum atomic E-state index is 0.866. The molecule has 0 aromatic heterocycles. The van der Waals surface area contributed by atoms with E-state index < -0.39 is 0 Å². The molecule has 0 N–H and O–H groups in total. The highest BCUT2D eigenvalue weighted by Gasteiger charge is 1.98. The second-order valence-electron chi connectivity index (χ2n) is 5.46. The zero-order chi connectivity index (χ0) is 13.8. The lowest BCUT2D eigenvalue weighted by molar-refractivity contribution is 0.516. The van der Waals surface area contributed by atoms with Crippen LogP contribution in [-0.4, -0.2) is 0 Å². The van der Waals surface area contributed by atoms with Gasteiger partial charge in [-0.15, -0.1) is 0 Å². The number of rotatable bonds is 6. The van der Waals surface area contributed by atoms with E-state index in [2.05, 4.69) is 65.0 Å². The first-order chi connectivity index (χ1) is 8.63. The molecule has 0 aliphatic rings. The van der Waals surface area contributed by atoms with Crippen LogP contribution >= 0.6 is 0 Å². The van der Waals surface area contributed by atoms with Crippen molar-refractivity contribution in [2.45, 2.75) is 66.7 Å². The van der Waals surface area contributed by atoms with E-state index in [4.69, 9.17) is 0 Å². The summed E-state index contributed by atoms with van der Waals surface area (Å²) in [4.78, 5) is 0. The molecule has 0 aliphatic heterocycles. The SMILES string of the molecule is CCC(C)CC.CCC(C)CCc1ccccc1. The summed E-state index contributed by atoms with van der Waals surface area (Å²) in [5.41, 5.74) is 1.47. The van der Waals surface area contributed by atoms with Crippen LogP contribution < -0.4 is 0 Å². The van der Waals surface area contributed by atoms with Crippen LogP contribution in [0.25, 0.3) is 0 Å². The molecule has 0 saturated carbocycles. The van der Waals surface area contributed by atoms with Gasteiger partial charge < -0.3 is 0 Å². The van der Waals surface area contributed by atoms with Gasteiger partial charge in [0.05, 0.1) is 0 Å². The molecule has 0 heteroatoms. The molecule has 1 aromatic carbocycles. The number of benzene rings is 1. The van der Waals surface area contributed by atoms with Crippen LogP contribution in [0.1, 0.15) is 65.9 Å². The number of hydrogen-bond donors (Lipinski definition) is 0. The van der Waals surface area contributed by atoms with E-state index in [1.165, 1.54) is 37.7 Å². The molecule has 104 valence electrons. The summed E-state index contributed by atoms with van der Waals surface area (Å²) in [6.45, 7) is 11.3. The van der Waals surface area contributed by atoms with Crippen LogP contribution in [-0.2, 0) is 6.42 Å². The van der Waals surface area contributed by atoms with E-state index in [0.29, 0.717) is 0 Å². The second-order valence-corrected chi connectivity index (χ2v) is 5.46. The monoisotopic (exact) mass is 248 g/mol. The zero-order valence-corrected chi connectivity index (χ0v) is 13.1. The Morgan fingerprint density at radius 2 is 1.28 bits per heavy atom. The molecule has 0 radical (unpaired) electrons. The van der Waals surface area contributed by atoms with Crippen molar-refractivity contribution < 1.29 is 0 Å². The van der Waals surface area contributed by atoms with E-state index in [0.717, 1.165) is 11.8 Å². The maximum atomic E-state index is 2.32. The molecule has 0 amide bonds. The molecule has 1 atom stereocenters. The van der Waals surface area contributed by atoms with Gasteiger partial charge in [0.2, 0.25) is 0 Å². The largest absolute Gasteiger partial charge is 0.0651 e. The third-order valence-corrected chi connectivity index (χ3v) is 3.86. The average Bonchev–Trinajstić information content (AvgIpc) is 2.45. The molecule has 0 nitrogen and oxygen atoms in total. The van der Waals surface area contributed by atoms with Crippen molar-refractivity contribution in [2.24, 2.45) is 11.8 Å². The summed E-state index contributed by atoms with van der Waals surface area (Å²) < 4.78 is 0. The van der Waals surface area contributed by atoms with Gasteiger partial charge in [0.25, 0.3) is 0 Å². The van der Waals surface area contributed by atoms with Crippen molar-refractivity contribution in [1.82, 2.24) is 0 Å². The Morgan fingerprint density at radius 3 is 1.67 bits per heavy atom. The highest BCUT2D eigenvalue weighted by atomic mass is 14.0. The molecule has 0 saturated heterocycles. The molecule has 18 heavy (non-hydrogen) atoms. The first-order valence-corrected chi connectivity index (χ1v) is 7.67. The Hall–Kier alpha value is -0.780. The molecule has 1 unspecified atom stereocenters. The van der Waals surface area contributed by atoms with Gasteiger partial charge in [-0.3, -0.25) is 0 Å². The van der Waals surface area contributed by atoms with Gasteiger partial charge >= 0.3 is 0 Å². The average molecular weight is 248 g/mol. The van der Waals surface area contributed by atoms with Crippen LogP contribution in [0.5, 0.6) is 0 Å². The van der Waals surface area contributed by atoms with E-state index in [1.54, 1.807) is 0 Å². The van der Waals surface area contributed by atoms with Crippen molar-refractivity contribution in [3.8, 4) is 0 Å². The van der Waals surface area contributed by atoms with Crippen LogP contribution in [0.15, 0.2) is 30.3 Å². The Morgan fingerprint density at radius 1 is 0.778 bits per heavy atom. The molecule has 0 bridgehead atoms. The molecule has 0 aliphatic carbocycles. The molecule has 0 fully saturated rings. The van der Waals surface area contributed by atoms with E-state index >= 15 is 0 Å². The maximum Gasteiger partial charge on any atom is -0.0276 e. The maximum absolute atomic E-state index is 2.32. The van der Waals surface area contributed by atoms with E-state index in [-0.39, 0.29) is 0 Å². The Kier molecular flexibility index (Phi) is 10.8. The predicted octanol–water partition coefficient (Wildman–Crippen LogP) is 6.11. The minimum absolute atomic E-state index is 0.866. The van der Waals surface area contributed by atoms with Gasteiger partial charge in [-0.05, 0) is 30.2 Å². The van der Waals surface area contributed by atoms with Gasteiger partial charge in [-0.1, -0.05) is 84.2 Å². The first-order valence-electron chi connectivity index (χ1n) is 7.67. The van der Waals surface area contributed by atoms with Crippen LogP contribution in [0, 0.1) is 11.8 Å². The van der Waals surface area contributed by atoms with E-state index in [1.807, 2.05) is 0 Å². The molecule has 1 aromatic rings. The lowest BCUT2D eigenvalue weighted by atomic mass is 9.99. The lowest BCUT2D eigenvalue weighted by Gasteiger charge is -2.07. The minimum Gasteiger partial charge on any atom is -0.0651 e. The van der Waals surface area contributed by atoms with Crippen molar-refractivity contribution in [1.29, 1.82) is 0 Å². The number of hydrogen-bond acceptors (Lipinski definition) is 0. The highest BCUT2D eigenvalue weighted by Crippen LogP contribution is 2.11. The van der Waals surface area contributed by atoms with Crippen LogP contribution in [0.3, 0.4) is 0 Å². The molecule has 0 spiro atoms. The fourth-order valence-electron chi connectivity index (χ4n) is 1.55. The van der Waals surface area contributed by atoms with Crippen LogP contribution in [0.4, 0.5) is 0 Å². The summed E-state index contributed by atoms with van der Waals surface area (Å²) in [5, 5.41) is 0. The third-order valence-electron chi connectivity index (χ3n) is 3.86. The Labute approximate surface area is 115 Å². The van der Waals surface area contributed by atoms with Gasteiger partial charge in [-0.25, -0.2) is 0 Å². The van der Waals surface area contributed by atoms with Crippen molar-refractivity contribution in [3.63, 3.8) is 0 Å². The van der Waals surface area contributed by atoms with Crippen molar-refractivity contribution in [3.05, 3.63) is 35.9 Å². The molecular weight excluding hydrogens is 216 g/mol. The van der Waals surface area contributed by atoms with Crippen molar-refractivity contribution >= 4 is 0 Å². The standard InChI is InChI=1S/C12H18.C6H14/c1-3-11(2)9-10-12-7-5-4-6-8-12;1-4-6(3)5-2/h4-8,11H,3,9-10H2,1-2H3;6H,4-5H2,1-3H3. The van der Waals surface area contributed by atoms with Crippen molar-refractivity contribution in [2.75, 3.05) is 0 Å².